The normalized spacial score (nSPS) is 10.4. The minimum atomic E-state index is -1.33. The van der Waals surface area contributed by atoms with E-state index < -0.39 is 23.3 Å². The van der Waals surface area contributed by atoms with E-state index in [0.29, 0.717) is 4.90 Å². The van der Waals surface area contributed by atoms with Crippen molar-refractivity contribution in [2.24, 2.45) is 0 Å². The van der Waals surface area contributed by atoms with Crippen molar-refractivity contribution in [2.75, 3.05) is 5.75 Å². The molecule has 98 valence electrons. The Labute approximate surface area is 108 Å². The van der Waals surface area contributed by atoms with Crippen LogP contribution in [-0.4, -0.2) is 28.9 Å². The average Bonchev–Trinajstić information content (AvgIpc) is 2.26. The summed E-state index contributed by atoms with van der Waals surface area (Å²) in [4.78, 5) is 22.5. The van der Waals surface area contributed by atoms with Gasteiger partial charge in [-0.1, -0.05) is 0 Å². The molecule has 0 aromatic heterocycles. The maximum absolute atomic E-state index is 13.1. The molecular weight excluding hydrogens is 259 g/mol. The van der Waals surface area contributed by atoms with Crippen LogP contribution < -0.4 is 0 Å². The molecule has 0 saturated heterocycles. The third-order valence-electron chi connectivity index (χ3n) is 1.89. The number of ether oxygens (including phenoxy) is 1. The Hall–Kier alpha value is -1.56. The summed E-state index contributed by atoms with van der Waals surface area (Å²) in [6, 6.07) is 3.69. The van der Waals surface area contributed by atoms with Crippen LogP contribution in [0.25, 0.3) is 0 Å². The van der Waals surface area contributed by atoms with Crippen LogP contribution >= 0.6 is 11.8 Å². The molecule has 18 heavy (non-hydrogen) atoms. The van der Waals surface area contributed by atoms with Gasteiger partial charge in [0.1, 0.15) is 5.82 Å². The number of carbonyl (C=O) groups is 2. The Bertz CT molecular complexity index is 459. The van der Waals surface area contributed by atoms with E-state index in [1.165, 1.54) is 12.1 Å². The second-order valence-corrected chi connectivity index (χ2v) is 4.82. The molecule has 1 rings (SSSR count). The van der Waals surface area contributed by atoms with Crippen LogP contribution in [0.3, 0.4) is 0 Å². The smallest absolute Gasteiger partial charge is 0.338 e. The Kier molecular flexibility index (Phi) is 5.15. The van der Waals surface area contributed by atoms with E-state index in [1.54, 1.807) is 13.8 Å². The monoisotopic (exact) mass is 272 g/mol. The molecule has 1 aromatic carbocycles. The number of benzene rings is 1. The van der Waals surface area contributed by atoms with Gasteiger partial charge in [-0.05, 0) is 32.0 Å². The van der Waals surface area contributed by atoms with Crippen molar-refractivity contribution < 1.29 is 23.8 Å². The highest BCUT2D eigenvalue weighted by atomic mass is 32.2. The number of halogens is 1. The van der Waals surface area contributed by atoms with Gasteiger partial charge >= 0.3 is 11.9 Å². The van der Waals surface area contributed by atoms with Crippen molar-refractivity contribution in [3.63, 3.8) is 0 Å². The number of carboxylic acid groups (broad SMARTS) is 1. The number of hydrogen-bond donors (Lipinski definition) is 1. The van der Waals surface area contributed by atoms with Crippen molar-refractivity contribution in [2.45, 2.75) is 24.8 Å². The molecule has 0 saturated carbocycles. The number of esters is 1. The van der Waals surface area contributed by atoms with Gasteiger partial charge in [0, 0.05) is 4.90 Å². The second-order valence-electron chi connectivity index (χ2n) is 3.77. The van der Waals surface area contributed by atoms with Crippen LogP contribution in [0.15, 0.2) is 23.1 Å². The predicted molar refractivity (Wildman–Crippen MR) is 65.3 cm³/mol. The van der Waals surface area contributed by atoms with Gasteiger partial charge in [0.2, 0.25) is 0 Å². The molecule has 1 N–H and O–H groups in total. The van der Waals surface area contributed by atoms with E-state index in [-0.39, 0.29) is 11.9 Å². The molecule has 0 radical (unpaired) electrons. The largest absolute Gasteiger partial charge is 0.478 e. The molecule has 0 unspecified atom stereocenters. The number of rotatable bonds is 5. The highest BCUT2D eigenvalue weighted by Gasteiger charge is 2.12. The van der Waals surface area contributed by atoms with Gasteiger partial charge in [-0.3, -0.25) is 4.79 Å². The van der Waals surface area contributed by atoms with Gasteiger partial charge < -0.3 is 9.84 Å². The molecule has 0 heterocycles. The molecule has 0 spiro atoms. The fourth-order valence-corrected chi connectivity index (χ4v) is 1.92. The first-order valence-corrected chi connectivity index (χ1v) is 6.24. The summed E-state index contributed by atoms with van der Waals surface area (Å²) in [5, 5.41) is 8.75. The topological polar surface area (TPSA) is 63.6 Å². The lowest BCUT2D eigenvalue weighted by atomic mass is 10.2. The summed E-state index contributed by atoms with van der Waals surface area (Å²) in [5.74, 6) is -2.46. The first-order chi connectivity index (χ1) is 8.40. The molecule has 0 aliphatic carbocycles. The molecule has 0 atom stereocenters. The highest BCUT2D eigenvalue weighted by Crippen LogP contribution is 2.21. The van der Waals surface area contributed by atoms with Gasteiger partial charge in [0.15, 0.2) is 0 Å². The van der Waals surface area contributed by atoms with Gasteiger partial charge in [-0.2, -0.15) is 0 Å². The molecule has 0 aliphatic heterocycles. The van der Waals surface area contributed by atoms with Crippen molar-refractivity contribution in [1.82, 2.24) is 0 Å². The van der Waals surface area contributed by atoms with Gasteiger partial charge in [-0.25, -0.2) is 9.18 Å². The van der Waals surface area contributed by atoms with Crippen molar-refractivity contribution in [1.29, 1.82) is 0 Å². The minimum absolute atomic E-state index is 0.0584. The van der Waals surface area contributed by atoms with Gasteiger partial charge in [-0.15, -0.1) is 11.8 Å². The Balaban J connectivity index is 2.66. The molecule has 6 heteroatoms. The van der Waals surface area contributed by atoms with Crippen LogP contribution in [0.2, 0.25) is 0 Å². The predicted octanol–water partition coefficient (Wildman–Crippen LogP) is 2.57. The van der Waals surface area contributed by atoms with E-state index in [4.69, 9.17) is 9.84 Å². The van der Waals surface area contributed by atoms with Crippen molar-refractivity contribution in [3.05, 3.63) is 29.6 Å². The number of hydrogen-bond acceptors (Lipinski definition) is 4. The Morgan fingerprint density at radius 3 is 2.67 bits per heavy atom. The molecule has 0 aliphatic rings. The number of aromatic carboxylic acids is 1. The zero-order chi connectivity index (χ0) is 13.7. The Morgan fingerprint density at radius 1 is 1.44 bits per heavy atom. The lowest BCUT2D eigenvalue weighted by Gasteiger charge is -2.07. The fraction of sp³-hybridized carbons (Fsp3) is 0.333. The quantitative estimate of drug-likeness (QED) is 0.659. The fourth-order valence-electron chi connectivity index (χ4n) is 1.20. The van der Waals surface area contributed by atoms with Gasteiger partial charge in [0.05, 0.1) is 17.4 Å². The average molecular weight is 272 g/mol. The molecule has 1 aromatic rings. The summed E-state index contributed by atoms with van der Waals surface area (Å²) < 4.78 is 18.0. The SMILES string of the molecule is CC(C)OC(=O)CSc1ccc(F)c(C(=O)O)c1. The summed E-state index contributed by atoms with van der Waals surface area (Å²) in [7, 11) is 0. The van der Waals surface area contributed by atoms with Gasteiger partial charge in [0.25, 0.3) is 0 Å². The lowest BCUT2D eigenvalue weighted by Crippen LogP contribution is -2.13. The summed E-state index contributed by atoms with van der Waals surface area (Å²) in [6.07, 6.45) is -0.194. The number of thioether (sulfide) groups is 1. The minimum Gasteiger partial charge on any atom is -0.478 e. The van der Waals surface area contributed by atoms with E-state index in [9.17, 15) is 14.0 Å². The van der Waals surface area contributed by atoms with Crippen LogP contribution in [0.5, 0.6) is 0 Å². The van der Waals surface area contributed by atoms with E-state index >= 15 is 0 Å². The van der Waals surface area contributed by atoms with Crippen molar-refractivity contribution >= 4 is 23.7 Å². The first-order valence-electron chi connectivity index (χ1n) is 5.25. The van der Waals surface area contributed by atoms with Crippen LogP contribution in [0, 0.1) is 5.82 Å². The zero-order valence-electron chi connectivity index (χ0n) is 9.97. The van der Waals surface area contributed by atoms with Crippen LogP contribution in [0.4, 0.5) is 4.39 Å². The molecule has 0 bridgehead atoms. The van der Waals surface area contributed by atoms with Crippen LogP contribution in [-0.2, 0) is 9.53 Å². The Morgan fingerprint density at radius 2 is 2.11 bits per heavy atom. The molecule has 0 fully saturated rings. The summed E-state index contributed by atoms with van der Waals surface area (Å²) in [6.45, 7) is 3.48. The first kappa shape index (κ1) is 14.5. The lowest BCUT2D eigenvalue weighted by molar-refractivity contribution is -0.144. The van der Waals surface area contributed by atoms with E-state index in [0.717, 1.165) is 17.8 Å². The standard InChI is InChI=1S/C12H13FO4S/c1-7(2)17-11(14)6-18-8-3-4-10(13)9(5-8)12(15)16/h3-5,7H,6H2,1-2H3,(H,15,16). The zero-order valence-corrected chi connectivity index (χ0v) is 10.8. The highest BCUT2D eigenvalue weighted by molar-refractivity contribution is 8.00. The molecule has 4 nitrogen and oxygen atoms in total. The second kappa shape index (κ2) is 6.39. The maximum atomic E-state index is 13.1. The molecule has 0 amide bonds. The van der Waals surface area contributed by atoms with E-state index in [2.05, 4.69) is 0 Å². The number of carboxylic acids is 1. The number of carbonyl (C=O) groups excluding carboxylic acids is 1. The van der Waals surface area contributed by atoms with E-state index in [1.807, 2.05) is 0 Å². The third-order valence-corrected chi connectivity index (χ3v) is 2.86. The third kappa shape index (κ3) is 4.37. The summed E-state index contributed by atoms with van der Waals surface area (Å²) in [5.41, 5.74) is -0.405. The molecular formula is C12H13FO4S. The summed E-state index contributed by atoms with van der Waals surface area (Å²) >= 11 is 1.11. The maximum Gasteiger partial charge on any atom is 0.338 e. The van der Waals surface area contributed by atoms with Crippen molar-refractivity contribution in [3.8, 4) is 0 Å². The van der Waals surface area contributed by atoms with Crippen LogP contribution in [0.1, 0.15) is 24.2 Å².